The molecule has 0 spiro atoms. The van der Waals surface area contributed by atoms with E-state index in [2.05, 4.69) is 0 Å². The van der Waals surface area contributed by atoms with Crippen LogP contribution in [0, 0.1) is 0 Å². The number of hydrogen-bond donors (Lipinski definition) is 1. The normalized spacial score (nSPS) is 10.4. The molecule has 84 valence electrons. The highest BCUT2D eigenvalue weighted by Crippen LogP contribution is 2.28. The molecule has 1 heterocycles. The average molecular weight is 274 g/mol. The van der Waals surface area contributed by atoms with Crippen LogP contribution in [0.2, 0.25) is 9.36 Å². The van der Waals surface area contributed by atoms with Crippen molar-refractivity contribution in [2.75, 3.05) is 5.73 Å². The molecule has 16 heavy (non-hydrogen) atoms. The van der Waals surface area contributed by atoms with Gasteiger partial charge in [0.25, 0.3) is 0 Å². The summed E-state index contributed by atoms with van der Waals surface area (Å²) in [5.74, 6) is 0.625. The lowest BCUT2D eigenvalue weighted by Crippen LogP contribution is -1.94. The predicted octanol–water partition coefficient (Wildman–Crippen LogP) is 4.22. The fourth-order valence-electron chi connectivity index (χ4n) is 1.21. The van der Waals surface area contributed by atoms with Gasteiger partial charge in [0.05, 0.1) is 9.36 Å². The summed E-state index contributed by atoms with van der Waals surface area (Å²) in [5.41, 5.74) is 6.20. The van der Waals surface area contributed by atoms with E-state index >= 15 is 0 Å². The van der Waals surface area contributed by atoms with Crippen molar-refractivity contribution >= 4 is 40.2 Å². The minimum Gasteiger partial charge on any atom is -0.487 e. The summed E-state index contributed by atoms with van der Waals surface area (Å²) in [6, 6.07) is 8.95. The first-order valence-corrected chi connectivity index (χ1v) is 6.14. The van der Waals surface area contributed by atoms with Crippen molar-refractivity contribution in [2.24, 2.45) is 0 Å². The SMILES string of the molecule is Nc1ccc(OCc2ccc(Cl)s2)c(Cl)c1. The lowest BCUT2D eigenvalue weighted by molar-refractivity contribution is 0.310. The molecule has 5 heteroatoms. The standard InChI is InChI=1S/C11H9Cl2NOS/c12-9-5-7(14)1-3-10(9)15-6-8-2-4-11(13)16-8/h1-5H,6,14H2. The Morgan fingerprint density at radius 1 is 1.19 bits per heavy atom. The van der Waals surface area contributed by atoms with Gasteiger partial charge in [0.15, 0.2) is 0 Å². The Hall–Kier alpha value is -0.900. The molecule has 0 bridgehead atoms. The first-order chi connectivity index (χ1) is 7.65. The smallest absolute Gasteiger partial charge is 0.138 e. The topological polar surface area (TPSA) is 35.2 Å². The van der Waals surface area contributed by atoms with Gasteiger partial charge in [-0.25, -0.2) is 0 Å². The van der Waals surface area contributed by atoms with Crippen molar-refractivity contribution in [2.45, 2.75) is 6.61 Å². The van der Waals surface area contributed by atoms with E-state index in [1.807, 2.05) is 12.1 Å². The van der Waals surface area contributed by atoms with Gasteiger partial charge in [-0.05, 0) is 30.3 Å². The molecule has 0 aliphatic carbocycles. The molecule has 0 aliphatic heterocycles. The molecule has 0 saturated heterocycles. The summed E-state index contributed by atoms with van der Waals surface area (Å²) in [4.78, 5) is 1.05. The Morgan fingerprint density at radius 3 is 2.62 bits per heavy atom. The minimum atomic E-state index is 0.459. The highest BCUT2D eigenvalue weighted by Gasteiger charge is 2.03. The highest BCUT2D eigenvalue weighted by atomic mass is 35.5. The van der Waals surface area contributed by atoms with E-state index in [-0.39, 0.29) is 0 Å². The van der Waals surface area contributed by atoms with Crippen LogP contribution in [0.5, 0.6) is 5.75 Å². The van der Waals surface area contributed by atoms with Crippen LogP contribution < -0.4 is 10.5 Å². The maximum Gasteiger partial charge on any atom is 0.138 e. The lowest BCUT2D eigenvalue weighted by Gasteiger charge is -2.06. The summed E-state index contributed by atoms with van der Waals surface area (Å²) in [5, 5.41) is 0.516. The van der Waals surface area contributed by atoms with E-state index in [1.54, 1.807) is 18.2 Å². The van der Waals surface area contributed by atoms with E-state index in [0.717, 1.165) is 9.21 Å². The molecule has 0 radical (unpaired) electrons. The van der Waals surface area contributed by atoms with E-state index < -0.39 is 0 Å². The fourth-order valence-corrected chi connectivity index (χ4v) is 2.46. The second-order valence-electron chi connectivity index (χ2n) is 3.18. The maximum atomic E-state index is 5.97. The zero-order valence-corrected chi connectivity index (χ0v) is 10.6. The number of anilines is 1. The number of ether oxygens (including phenoxy) is 1. The quantitative estimate of drug-likeness (QED) is 0.850. The molecule has 0 fully saturated rings. The van der Waals surface area contributed by atoms with E-state index in [9.17, 15) is 0 Å². The third kappa shape index (κ3) is 2.82. The Morgan fingerprint density at radius 2 is 2.00 bits per heavy atom. The zero-order valence-electron chi connectivity index (χ0n) is 8.24. The van der Waals surface area contributed by atoms with Crippen LogP contribution in [0.15, 0.2) is 30.3 Å². The number of nitrogen functional groups attached to an aromatic ring is 1. The van der Waals surface area contributed by atoms with Gasteiger partial charge in [0.2, 0.25) is 0 Å². The molecule has 1 aromatic carbocycles. The third-order valence-corrected chi connectivity index (χ3v) is 3.45. The van der Waals surface area contributed by atoms with Gasteiger partial charge in [0.1, 0.15) is 12.4 Å². The van der Waals surface area contributed by atoms with Gasteiger partial charge in [-0.3, -0.25) is 0 Å². The molecular weight excluding hydrogens is 265 g/mol. The van der Waals surface area contributed by atoms with Crippen molar-refractivity contribution in [3.63, 3.8) is 0 Å². The van der Waals surface area contributed by atoms with Crippen molar-refractivity contribution in [1.29, 1.82) is 0 Å². The minimum absolute atomic E-state index is 0.459. The number of rotatable bonds is 3. The molecule has 2 aromatic rings. The molecule has 0 atom stereocenters. The van der Waals surface area contributed by atoms with Gasteiger partial charge >= 0.3 is 0 Å². The van der Waals surface area contributed by atoms with Gasteiger partial charge in [0, 0.05) is 10.6 Å². The zero-order chi connectivity index (χ0) is 11.5. The van der Waals surface area contributed by atoms with Crippen LogP contribution in [-0.2, 0) is 6.61 Å². The van der Waals surface area contributed by atoms with Crippen LogP contribution in [0.25, 0.3) is 0 Å². The fraction of sp³-hybridized carbons (Fsp3) is 0.0909. The Labute approximate surface area is 108 Å². The summed E-state index contributed by atoms with van der Waals surface area (Å²) in [7, 11) is 0. The number of thiophene rings is 1. The Kier molecular flexibility index (Phi) is 3.59. The number of hydrogen-bond acceptors (Lipinski definition) is 3. The molecule has 2 N–H and O–H groups in total. The molecule has 2 nitrogen and oxygen atoms in total. The van der Waals surface area contributed by atoms with E-state index in [4.69, 9.17) is 33.7 Å². The van der Waals surface area contributed by atoms with Crippen molar-refractivity contribution in [1.82, 2.24) is 0 Å². The lowest BCUT2D eigenvalue weighted by atomic mass is 10.3. The van der Waals surface area contributed by atoms with Crippen LogP contribution in [0.3, 0.4) is 0 Å². The monoisotopic (exact) mass is 273 g/mol. The number of nitrogens with two attached hydrogens (primary N) is 1. The Bertz CT molecular complexity index is 498. The van der Waals surface area contributed by atoms with Crippen molar-refractivity contribution < 1.29 is 4.74 Å². The molecule has 0 amide bonds. The van der Waals surface area contributed by atoms with E-state index in [1.165, 1.54) is 11.3 Å². The summed E-state index contributed by atoms with van der Waals surface area (Å²) < 4.78 is 6.31. The molecule has 0 aliphatic rings. The van der Waals surface area contributed by atoms with Crippen LogP contribution in [-0.4, -0.2) is 0 Å². The third-order valence-electron chi connectivity index (χ3n) is 1.95. The Balaban J connectivity index is 2.04. The summed E-state index contributed by atoms with van der Waals surface area (Å²) in [6.45, 7) is 0.459. The first kappa shape index (κ1) is 11.6. The molecular formula is C11H9Cl2NOS. The molecule has 0 saturated carbocycles. The molecule has 0 unspecified atom stereocenters. The van der Waals surface area contributed by atoms with Gasteiger partial charge < -0.3 is 10.5 Å². The van der Waals surface area contributed by atoms with Crippen molar-refractivity contribution in [3.8, 4) is 5.75 Å². The van der Waals surface area contributed by atoms with Gasteiger partial charge in [-0.2, -0.15) is 0 Å². The van der Waals surface area contributed by atoms with Gasteiger partial charge in [-0.1, -0.05) is 23.2 Å². The number of benzene rings is 1. The highest BCUT2D eigenvalue weighted by molar-refractivity contribution is 7.16. The second-order valence-corrected chi connectivity index (χ2v) is 5.39. The molecule has 2 rings (SSSR count). The largest absolute Gasteiger partial charge is 0.487 e. The summed E-state index contributed by atoms with van der Waals surface area (Å²) >= 11 is 13.3. The van der Waals surface area contributed by atoms with Crippen LogP contribution in [0.1, 0.15) is 4.88 Å². The van der Waals surface area contributed by atoms with Gasteiger partial charge in [-0.15, -0.1) is 11.3 Å². The number of halogens is 2. The predicted molar refractivity (Wildman–Crippen MR) is 69.5 cm³/mol. The second kappa shape index (κ2) is 4.95. The van der Waals surface area contributed by atoms with Crippen LogP contribution in [0.4, 0.5) is 5.69 Å². The first-order valence-electron chi connectivity index (χ1n) is 4.57. The molecule has 1 aromatic heterocycles. The van der Waals surface area contributed by atoms with Crippen molar-refractivity contribution in [3.05, 3.63) is 44.6 Å². The van der Waals surface area contributed by atoms with E-state index in [0.29, 0.717) is 23.1 Å². The summed E-state index contributed by atoms with van der Waals surface area (Å²) in [6.07, 6.45) is 0. The maximum absolute atomic E-state index is 5.97. The average Bonchev–Trinajstić information content (AvgIpc) is 2.63. The van der Waals surface area contributed by atoms with Crippen LogP contribution >= 0.6 is 34.5 Å².